The fourth-order valence-corrected chi connectivity index (χ4v) is 3.28. The van der Waals surface area contributed by atoms with Gasteiger partial charge in [-0.2, -0.15) is 0 Å². The van der Waals surface area contributed by atoms with Crippen LogP contribution in [-0.4, -0.2) is 22.9 Å². The number of esters is 1. The lowest BCUT2D eigenvalue weighted by atomic mass is 9.98. The van der Waals surface area contributed by atoms with Crippen LogP contribution in [0.5, 0.6) is 0 Å². The molecule has 0 heterocycles. The lowest BCUT2D eigenvalue weighted by molar-refractivity contribution is -0.384. The molecule has 28 heavy (non-hydrogen) atoms. The summed E-state index contributed by atoms with van der Waals surface area (Å²) in [6.45, 7) is 0. The van der Waals surface area contributed by atoms with Crippen molar-refractivity contribution >= 4 is 34.9 Å². The molecule has 1 aliphatic carbocycles. The maximum atomic E-state index is 12.3. The van der Waals surface area contributed by atoms with Gasteiger partial charge < -0.3 is 10.1 Å². The minimum Gasteiger partial charge on any atom is -0.459 e. The van der Waals surface area contributed by atoms with Gasteiger partial charge >= 0.3 is 5.97 Å². The van der Waals surface area contributed by atoms with Crippen LogP contribution in [0.1, 0.15) is 52.8 Å². The van der Waals surface area contributed by atoms with E-state index in [1.54, 1.807) is 24.3 Å². The zero-order valence-electron chi connectivity index (χ0n) is 15.0. The number of hydrogen-bond acceptors (Lipinski definition) is 5. The molecule has 0 spiro atoms. The average molecular weight is 403 g/mol. The second-order valence-corrected chi connectivity index (χ2v) is 7.03. The molecule has 7 nitrogen and oxygen atoms in total. The fraction of sp³-hybridized carbons (Fsp3) is 0.300. The van der Waals surface area contributed by atoms with Gasteiger partial charge in [-0.1, -0.05) is 18.0 Å². The second-order valence-electron chi connectivity index (χ2n) is 6.62. The summed E-state index contributed by atoms with van der Waals surface area (Å²) >= 11 is 5.76. The van der Waals surface area contributed by atoms with Crippen LogP contribution in [0.25, 0.3) is 0 Å². The zero-order chi connectivity index (χ0) is 20.1. The number of ether oxygens (including phenoxy) is 1. The number of nitro groups is 1. The lowest BCUT2D eigenvalue weighted by Crippen LogP contribution is -2.21. The molecule has 1 fully saturated rings. The standard InChI is InChI=1S/C20H19ClN2O5/c21-17-11-8-14(12-18(17)23(26)27)19(24)22-15-9-6-13(7-10-15)20(25)28-16-4-2-1-3-5-16/h6-12,16H,1-5H2,(H,22,24). The SMILES string of the molecule is O=C(Nc1ccc(C(=O)OC2CCCCC2)cc1)c1ccc(Cl)c([N+](=O)[O-])c1. The number of hydrogen-bond donors (Lipinski definition) is 1. The molecule has 1 aliphatic rings. The smallest absolute Gasteiger partial charge is 0.338 e. The summed E-state index contributed by atoms with van der Waals surface area (Å²) in [6.07, 6.45) is 5.10. The Kier molecular flexibility index (Phi) is 6.26. The number of nitro benzene ring substituents is 1. The third-order valence-electron chi connectivity index (χ3n) is 4.61. The highest BCUT2D eigenvalue weighted by Gasteiger charge is 2.19. The topological polar surface area (TPSA) is 98.5 Å². The van der Waals surface area contributed by atoms with Crippen molar-refractivity contribution in [2.45, 2.75) is 38.2 Å². The van der Waals surface area contributed by atoms with E-state index in [1.807, 2.05) is 0 Å². The molecule has 1 saturated carbocycles. The summed E-state index contributed by atoms with van der Waals surface area (Å²) < 4.78 is 5.51. The van der Waals surface area contributed by atoms with Crippen LogP contribution >= 0.6 is 11.6 Å². The van der Waals surface area contributed by atoms with Crippen molar-refractivity contribution in [3.8, 4) is 0 Å². The number of rotatable bonds is 5. The van der Waals surface area contributed by atoms with Gasteiger partial charge in [-0.25, -0.2) is 4.79 Å². The van der Waals surface area contributed by atoms with Gasteiger partial charge in [0.2, 0.25) is 0 Å². The van der Waals surface area contributed by atoms with Crippen molar-refractivity contribution in [3.05, 3.63) is 68.7 Å². The molecule has 2 aromatic carbocycles. The van der Waals surface area contributed by atoms with E-state index < -0.39 is 10.8 Å². The van der Waals surface area contributed by atoms with Crippen molar-refractivity contribution in [3.63, 3.8) is 0 Å². The first-order valence-corrected chi connectivity index (χ1v) is 9.38. The third-order valence-corrected chi connectivity index (χ3v) is 4.93. The number of amides is 1. The summed E-state index contributed by atoms with van der Waals surface area (Å²) in [5.74, 6) is -0.893. The molecular formula is C20H19ClN2O5. The van der Waals surface area contributed by atoms with Crippen LogP contribution in [0.4, 0.5) is 11.4 Å². The van der Waals surface area contributed by atoms with Crippen molar-refractivity contribution in [2.24, 2.45) is 0 Å². The highest BCUT2D eigenvalue weighted by atomic mass is 35.5. The van der Waals surface area contributed by atoms with Gasteiger partial charge in [-0.3, -0.25) is 14.9 Å². The van der Waals surface area contributed by atoms with Crippen molar-refractivity contribution in [1.29, 1.82) is 0 Å². The second kappa shape index (κ2) is 8.84. The van der Waals surface area contributed by atoms with E-state index in [0.717, 1.165) is 31.7 Å². The molecule has 0 aromatic heterocycles. The number of carbonyl (C=O) groups is 2. The summed E-state index contributed by atoms with van der Waals surface area (Å²) in [7, 11) is 0. The first-order chi connectivity index (χ1) is 13.4. The zero-order valence-corrected chi connectivity index (χ0v) is 15.8. The van der Waals surface area contributed by atoms with E-state index in [-0.39, 0.29) is 28.3 Å². The number of nitrogens with zero attached hydrogens (tertiary/aromatic N) is 1. The minimum atomic E-state index is -0.647. The molecule has 0 unspecified atom stereocenters. The lowest BCUT2D eigenvalue weighted by Gasteiger charge is -2.21. The molecule has 2 aromatic rings. The van der Waals surface area contributed by atoms with Gasteiger partial charge in [-0.05, 0) is 62.1 Å². The molecule has 0 bridgehead atoms. The number of nitrogens with one attached hydrogen (secondary N) is 1. The summed E-state index contributed by atoms with van der Waals surface area (Å²) in [6, 6.07) is 10.1. The van der Waals surface area contributed by atoms with Crippen LogP contribution < -0.4 is 5.32 Å². The molecule has 0 aliphatic heterocycles. The Morgan fingerprint density at radius 3 is 2.32 bits per heavy atom. The van der Waals surface area contributed by atoms with Crippen LogP contribution in [0.2, 0.25) is 5.02 Å². The van der Waals surface area contributed by atoms with Crippen LogP contribution in [0.15, 0.2) is 42.5 Å². The van der Waals surface area contributed by atoms with Crippen molar-refractivity contribution < 1.29 is 19.2 Å². The first-order valence-electron chi connectivity index (χ1n) is 9.00. The molecule has 1 amide bonds. The van der Waals surface area contributed by atoms with E-state index in [9.17, 15) is 19.7 Å². The molecule has 0 atom stereocenters. The highest BCUT2D eigenvalue weighted by molar-refractivity contribution is 6.32. The predicted octanol–water partition coefficient (Wildman–Crippen LogP) is 4.99. The molecule has 0 radical (unpaired) electrons. The van der Waals surface area contributed by atoms with Gasteiger partial charge in [-0.15, -0.1) is 0 Å². The van der Waals surface area contributed by atoms with E-state index in [1.165, 1.54) is 18.6 Å². The maximum Gasteiger partial charge on any atom is 0.338 e. The Bertz CT molecular complexity index is 892. The Hall–Kier alpha value is -2.93. The van der Waals surface area contributed by atoms with Gasteiger partial charge in [0, 0.05) is 17.3 Å². The van der Waals surface area contributed by atoms with Gasteiger partial charge in [0.25, 0.3) is 11.6 Å². The Labute approximate surface area is 166 Å². The quantitative estimate of drug-likeness (QED) is 0.431. The molecule has 3 rings (SSSR count). The minimum absolute atomic E-state index is 0.0266. The molecular weight excluding hydrogens is 384 g/mol. The Morgan fingerprint density at radius 2 is 1.68 bits per heavy atom. The largest absolute Gasteiger partial charge is 0.459 e. The van der Waals surface area contributed by atoms with Crippen LogP contribution in [-0.2, 0) is 4.74 Å². The Morgan fingerprint density at radius 1 is 1.04 bits per heavy atom. The Balaban J connectivity index is 1.63. The van der Waals surface area contributed by atoms with Crippen molar-refractivity contribution in [1.82, 2.24) is 0 Å². The highest BCUT2D eigenvalue weighted by Crippen LogP contribution is 2.26. The molecule has 1 N–H and O–H groups in total. The van der Waals surface area contributed by atoms with Gasteiger partial charge in [0.15, 0.2) is 0 Å². The van der Waals surface area contributed by atoms with Crippen LogP contribution in [0.3, 0.4) is 0 Å². The van der Waals surface area contributed by atoms with E-state index in [4.69, 9.17) is 16.3 Å². The first kappa shape index (κ1) is 19.8. The summed E-state index contributed by atoms with van der Waals surface area (Å²) in [4.78, 5) is 34.8. The van der Waals surface area contributed by atoms with E-state index in [2.05, 4.69) is 5.32 Å². The summed E-state index contributed by atoms with van der Waals surface area (Å²) in [5, 5.41) is 13.5. The third kappa shape index (κ3) is 4.86. The van der Waals surface area contributed by atoms with Crippen molar-refractivity contribution in [2.75, 3.05) is 5.32 Å². The molecule has 0 saturated heterocycles. The van der Waals surface area contributed by atoms with Gasteiger partial charge in [0.1, 0.15) is 11.1 Å². The van der Waals surface area contributed by atoms with Gasteiger partial charge in [0.05, 0.1) is 10.5 Å². The van der Waals surface area contributed by atoms with Crippen LogP contribution in [0, 0.1) is 10.1 Å². The monoisotopic (exact) mass is 402 g/mol. The number of carbonyl (C=O) groups excluding carboxylic acids is 2. The van der Waals surface area contributed by atoms with E-state index >= 15 is 0 Å². The number of halogens is 1. The maximum absolute atomic E-state index is 12.3. The molecule has 146 valence electrons. The predicted molar refractivity (Wildman–Crippen MR) is 105 cm³/mol. The number of anilines is 1. The molecule has 8 heteroatoms. The summed E-state index contributed by atoms with van der Waals surface area (Å²) in [5.41, 5.74) is 0.634. The van der Waals surface area contributed by atoms with E-state index in [0.29, 0.717) is 11.3 Å². The number of benzene rings is 2. The normalized spacial score (nSPS) is 14.3. The average Bonchev–Trinajstić information content (AvgIpc) is 2.69. The fourth-order valence-electron chi connectivity index (χ4n) is 3.09.